The predicted octanol–water partition coefficient (Wildman–Crippen LogP) is 2.57. The molecule has 1 atom stereocenters. The quantitative estimate of drug-likeness (QED) is 0.826. The van der Waals surface area contributed by atoms with Crippen LogP contribution in [0.25, 0.3) is 0 Å². The van der Waals surface area contributed by atoms with Crippen molar-refractivity contribution in [2.75, 3.05) is 11.9 Å². The summed E-state index contributed by atoms with van der Waals surface area (Å²) in [6.45, 7) is 2.50. The Morgan fingerprint density at radius 2 is 2.12 bits per heavy atom. The van der Waals surface area contributed by atoms with Crippen LogP contribution in [0.4, 0.5) is 5.69 Å². The van der Waals surface area contributed by atoms with Gasteiger partial charge in [0.1, 0.15) is 0 Å². The minimum Gasteiger partial charge on any atom is -0.499 e. The molecule has 0 fully saturated rings. The molecule has 3 nitrogen and oxygen atoms in total. The van der Waals surface area contributed by atoms with E-state index in [1.54, 1.807) is 0 Å². The second kappa shape index (κ2) is 4.84. The standard InChI is InChI=1S/C13H15NO2/c1-10-9-11(7-8-16-10)13(15)14-12-5-3-2-4-6-12/h2-6,9,11H,7-8H2,1H3,(H,14,15). The number of allylic oxidation sites excluding steroid dienone is 1. The highest BCUT2D eigenvalue weighted by atomic mass is 16.5. The van der Waals surface area contributed by atoms with Crippen molar-refractivity contribution in [1.82, 2.24) is 0 Å². The van der Waals surface area contributed by atoms with Gasteiger partial charge in [0.15, 0.2) is 0 Å². The van der Waals surface area contributed by atoms with Crippen LogP contribution >= 0.6 is 0 Å². The zero-order chi connectivity index (χ0) is 11.4. The Kier molecular flexibility index (Phi) is 3.25. The number of rotatable bonds is 2. The van der Waals surface area contributed by atoms with Crippen LogP contribution in [0.5, 0.6) is 0 Å². The molecule has 0 aromatic heterocycles. The van der Waals surface area contributed by atoms with E-state index in [1.165, 1.54) is 0 Å². The van der Waals surface area contributed by atoms with E-state index >= 15 is 0 Å². The van der Waals surface area contributed by atoms with Crippen molar-refractivity contribution < 1.29 is 9.53 Å². The first-order valence-corrected chi connectivity index (χ1v) is 5.43. The molecule has 1 amide bonds. The van der Waals surface area contributed by atoms with E-state index in [9.17, 15) is 4.79 Å². The average Bonchev–Trinajstić information content (AvgIpc) is 2.30. The lowest BCUT2D eigenvalue weighted by atomic mass is 10.0. The zero-order valence-electron chi connectivity index (χ0n) is 9.27. The lowest BCUT2D eigenvalue weighted by Gasteiger charge is -2.19. The number of carbonyl (C=O) groups excluding carboxylic acids is 1. The minimum atomic E-state index is -0.0750. The van der Waals surface area contributed by atoms with E-state index in [1.807, 2.05) is 43.3 Å². The topological polar surface area (TPSA) is 38.3 Å². The second-order valence-corrected chi connectivity index (χ2v) is 3.88. The second-order valence-electron chi connectivity index (χ2n) is 3.88. The van der Waals surface area contributed by atoms with Crippen molar-refractivity contribution in [3.8, 4) is 0 Å². The summed E-state index contributed by atoms with van der Waals surface area (Å²) in [7, 11) is 0. The number of hydrogen-bond donors (Lipinski definition) is 1. The monoisotopic (exact) mass is 217 g/mol. The predicted molar refractivity (Wildman–Crippen MR) is 62.9 cm³/mol. The van der Waals surface area contributed by atoms with Crippen LogP contribution in [-0.2, 0) is 9.53 Å². The number of para-hydroxylation sites is 1. The molecule has 0 saturated heterocycles. The van der Waals surface area contributed by atoms with Crippen LogP contribution in [-0.4, -0.2) is 12.5 Å². The van der Waals surface area contributed by atoms with Crippen LogP contribution in [0.3, 0.4) is 0 Å². The molecule has 1 heterocycles. The lowest BCUT2D eigenvalue weighted by molar-refractivity contribution is -0.119. The average molecular weight is 217 g/mol. The fraction of sp³-hybridized carbons (Fsp3) is 0.308. The van der Waals surface area contributed by atoms with Gasteiger partial charge in [-0.1, -0.05) is 18.2 Å². The minimum absolute atomic E-state index is 0.0360. The Hall–Kier alpha value is -1.77. The Morgan fingerprint density at radius 1 is 1.38 bits per heavy atom. The van der Waals surface area contributed by atoms with Gasteiger partial charge >= 0.3 is 0 Å². The van der Waals surface area contributed by atoms with Crippen molar-refractivity contribution >= 4 is 11.6 Å². The van der Waals surface area contributed by atoms with Gasteiger partial charge in [-0.15, -0.1) is 0 Å². The van der Waals surface area contributed by atoms with Gasteiger partial charge in [-0.3, -0.25) is 4.79 Å². The molecular formula is C13H15NO2. The molecule has 1 N–H and O–H groups in total. The number of carbonyl (C=O) groups is 1. The van der Waals surface area contributed by atoms with Crippen LogP contribution in [0.1, 0.15) is 13.3 Å². The first kappa shape index (κ1) is 10.7. The highest BCUT2D eigenvalue weighted by Gasteiger charge is 2.19. The summed E-state index contributed by atoms with van der Waals surface area (Å²) in [5, 5.41) is 2.89. The highest BCUT2D eigenvalue weighted by molar-refractivity contribution is 5.93. The lowest BCUT2D eigenvalue weighted by Crippen LogP contribution is -2.25. The molecule has 0 spiro atoms. The maximum atomic E-state index is 11.9. The maximum absolute atomic E-state index is 11.9. The molecular weight excluding hydrogens is 202 g/mol. The van der Waals surface area contributed by atoms with Gasteiger partial charge in [-0.05, 0) is 31.6 Å². The van der Waals surface area contributed by atoms with Crippen LogP contribution in [0.2, 0.25) is 0 Å². The Balaban J connectivity index is 2.01. The van der Waals surface area contributed by atoms with Gasteiger partial charge in [0.25, 0.3) is 0 Å². The molecule has 3 heteroatoms. The third kappa shape index (κ3) is 2.63. The third-order valence-electron chi connectivity index (χ3n) is 2.57. The normalized spacial score (nSPS) is 19.6. The molecule has 1 aliphatic heterocycles. The van der Waals surface area contributed by atoms with E-state index in [4.69, 9.17) is 4.74 Å². The SMILES string of the molecule is CC1=CC(C(=O)Nc2ccccc2)CCO1. The molecule has 0 saturated carbocycles. The van der Waals surface area contributed by atoms with Gasteiger partial charge in [0.05, 0.1) is 18.3 Å². The van der Waals surface area contributed by atoms with Crippen molar-refractivity contribution in [2.45, 2.75) is 13.3 Å². The van der Waals surface area contributed by atoms with Gasteiger partial charge < -0.3 is 10.1 Å². The number of amides is 1. The van der Waals surface area contributed by atoms with Crippen LogP contribution in [0, 0.1) is 5.92 Å². The summed E-state index contributed by atoms with van der Waals surface area (Å²) in [5.41, 5.74) is 0.838. The van der Waals surface area contributed by atoms with Crippen molar-refractivity contribution in [1.29, 1.82) is 0 Å². The van der Waals surface area contributed by atoms with E-state index in [0.29, 0.717) is 6.61 Å². The molecule has 0 aliphatic carbocycles. The first-order valence-electron chi connectivity index (χ1n) is 5.43. The fourth-order valence-corrected chi connectivity index (χ4v) is 1.72. The molecule has 1 unspecified atom stereocenters. The molecule has 84 valence electrons. The molecule has 1 aromatic carbocycles. The van der Waals surface area contributed by atoms with Crippen molar-refractivity contribution in [3.05, 3.63) is 42.2 Å². The number of anilines is 1. The van der Waals surface area contributed by atoms with E-state index in [-0.39, 0.29) is 11.8 Å². The third-order valence-corrected chi connectivity index (χ3v) is 2.57. The van der Waals surface area contributed by atoms with Gasteiger partial charge in [-0.2, -0.15) is 0 Å². The van der Waals surface area contributed by atoms with Crippen molar-refractivity contribution in [2.24, 2.45) is 5.92 Å². The Bertz CT molecular complexity index is 398. The smallest absolute Gasteiger partial charge is 0.231 e. The van der Waals surface area contributed by atoms with E-state index in [0.717, 1.165) is 17.9 Å². The Morgan fingerprint density at radius 3 is 2.81 bits per heavy atom. The van der Waals surface area contributed by atoms with Gasteiger partial charge in [-0.25, -0.2) is 0 Å². The molecule has 1 aromatic rings. The van der Waals surface area contributed by atoms with Crippen molar-refractivity contribution in [3.63, 3.8) is 0 Å². The summed E-state index contributed by atoms with van der Waals surface area (Å²) in [5.74, 6) is 0.794. The first-order chi connectivity index (χ1) is 7.75. The highest BCUT2D eigenvalue weighted by Crippen LogP contribution is 2.18. The fourth-order valence-electron chi connectivity index (χ4n) is 1.72. The number of ether oxygens (including phenoxy) is 1. The number of nitrogens with one attached hydrogen (secondary N) is 1. The van der Waals surface area contributed by atoms with Crippen LogP contribution < -0.4 is 5.32 Å². The van der Waals surface area contributed by atoms with Gasteiger partial charge in [0, 0.05) is 5.69 Å². The largest absolute Gasteiger partial charge is 0.499 e. The summed E-state index contributed by atoms with van der Waals surface area (Å²) >= 11 is 0. The van der Waals surface area contributed by atoms with Crippen LogP contribution in [0.15, 0.2) is 42.2 Å². The Labute approximate surface area is 95.1 Å². The molecule has 1 aliphatic rings. The summed E-state index contributed by atoms with van der Waals surface area (Å²) in [4.78, 5) is 11.9. The number of hydrogen-bond acceptors (Lipinski definition) is 2. The van der Waals surface area contributed by atoms with E-state index in [2.05, 4.69) is 5.32 Å². The summed E-state index contributed by atoms with van der Waals surface area (Å²) < 4.78 is 5.29. The zero-order valence-corrected chi connectivity index (χ0v) is 9.27. The molecule has 0 bridgehead atoms. The van der Waals surface area contributed by atoms with E-state index < -0.39 is 0 Å². The van der Waals surface area contributed by atoms with Gasteiger partial charge in [0.2, 0.25) is 5.91 Å². The molecule has 0 radical (unpaired) electrons. The summed E-state index contributed by atoms with van der Waals surface area (Å²) in [6.07, 6.45) is 2.62. The molecule has 16 heavy (non-hydrogen) atoms. The summed E-state index contributed by atoms with van der Waals surface area (Å²) in [6, 6.07) is 9.50. The maximum Gasteiger partial charge on any atom is 0.231 e. The number of benzene rings is 1. The molecule has 2 rings (SSSR count).